The van der Waals surface area contributed by atoms with E-state index < -0.39 is 11.9 Å². The van der Waals surface area contributed by atoms with Crippen LogP contribution in [-0.2, 0) is 12.7 Å². The van der Waals surface area contributed by atoms with Gasteiger partial charge in [0.05, 0.1) is 11.6 Å². The van der Waals surface area contributed by atoms with E-state index in [4.69, 9.17) is 5.26 Å². The van der Waals surface area contributed by atoms with E-state index in [2.05, 4.69) is 26.3 Å². The molecule has 5 nitrogen and oxygen atoms in total. The normalized spacial score (nSPS) is 18.1. The fourth-order valence-electron chi connectivity index (χ4n) is 2.81. The molecule has 25 heavy (non-hydrogen) atoms. The number of likely N-dealkylation sites (tertiary alicyclic amines) is 1. The van der Waals surface area contributed by atoms with Crippen LogP contribution in [0.5, 0.6) is 0 Å². The third-order valence-electron chi connectivity index (χ3n) is 4.04. The monoisotopic (exact) mass is 347 g/mol. The molecule has 2 aromatic rings. The number of benzene rings is 1. The summed E-state index contributed by atoms with van der Waals surface area (Å²) < 4.78 is 38.1. The first-order valence-electron chi connectivity index (χ1n) is 7.82. The number of halogens is 3. The third kappa shape index (κ3) is 4.45. The summed E-state index contributed by atoms with van der Waals surface area (Å²) in [5.41, 5.74) is 0.763. The second-order valence-electron chi connectivity index (χ2n) is 5.94. The molecule has 1 aromatic carbocycles. The lowest BCUT2D eigenvalue weighted by Gasteiger charge is -2.17. The highest BCUT2D eigenvalue weighted by molar-refractivity contribution is 5.32. The van der Waals surface area contributed by atoms with E-state index in [1.165, 1.54) is 0 Å². The summed E-state index contributed by atoms with van der Waals surface area (Å²) in [7, 11) is 0. The molecule has 1 saturated heterocycles. The Morgan fingerprint density at radius 1 is 1.24 bits per heavy atom. The van der Waals surface area contributed by atoms with Gasteiger partial charge in [-0.2, -0.15) is 18.4 Å². The standard InChI is InChI=1S/C17H16F3N5/c18-17(19,20)15-5-7-22-16(24-15)23-14-6-8-25(11-14)10-13-3-1-12(9-21)2-4-13/h1-5,7,14H,6,8,10-11H2,(H,22,23,24). The van der Waals surface area contributed by atoms with Crippen molar-refractivity contribution in [2.45, 2.75) is 25.2 Å². The van der Waals surface area contributed by atoms with Crippen molar-refractivity contribution >= 4 is 5.95 Å². The minimum absolute atomic E-state index is 0.0000445. The zero-order valence-electron chi connectivity index (χ0n) is 13.3. The van der Waals surface area contributed by atoms with E-state index >= 15 is 0 Å². The van der Waals surface area contributed by atoms with E-state index in [0.29, 0.717) is 12.1 Å². The molecular weight excluding hydrogens is 331 g/mol. The van der Waals surface area contributed by atoms with Crippen LogP contribution in [0.15, 0.2) is 36.5 Å². The third-order valence-corrected chi connectivity index (χ3v) is 4.04. The number of anilines is 1. The van der Waals surface area contributed by atoms with Crippen molar-refractivity contribution in [3.8, 4) is 6.07 Å². The van der Waals surface area contributed by atoms with Crippen LogP contribution in [0.3, 0.4) is 0 Å². The number of rotatable bonds is 4. The highest BCUT2D eigenvalue weighted by Crippen LogP contribution is 2.27. The topological polar surface area (TPSA) is 64.8 Å². The Labute approximate surface area is 143 Å². The van der Waals surface area contributed by atoms with Gasteiger partial charge in [-0.3, -0.25) is 4.90 Å². The van der Waals surface area contributed by atoms with Crippen molar-refractivity contribution < 1.29 is 13.2 Å². The first kappa shape index (κ1) is 17.2. The summed E-state index contributed by atoms with van der Waals surface area (Å²) in [5.74, 6) is 0.0000445. The molecule has 1 aliphatic rings. The van der Waals surface area contributed by atoms with E-state index in [1.54, 1.807) is 12.1 Å². The van der Waals surface area contributed by atoms with Gasteiger partial charge in [0.15, 0.2) is 0 Å². The fraction of sp³-hybridized carbons (Fsp3) is 0.353. The smallest absolute Gasteiger partial charge is 0.350 e. The lowest BCUT2D eigenvalue weighted by atomic mass is 10.1. The molecular formula is C17H16F3N5. The van der Waals surface area contributed by atoms with Crippen molar-refractivity contribution in [1.29, 1.82) is 5.26 Å². The molecule has 1 fully saturated rings. The fourth-order valence-corrected chi connectivity index (χ4v) is 2.81. The Balaban J connectivity index is 1.57. The van der Waals surface area contributed by atoms with Gasteiger partial charge in [0.1, 0.15) is 5.69 Å². The van der Waals surface area contributed by atoms with Crippen LogP contribution in [0.2, 0.25) is 0 Å². The summed E-state index contributed by atoms with van der Waals surface area (Å²) in [4.78, 5) is 9.61. The predicted molar refractivity (Wildman–Crippen MR) is 85.5 cm³/mol. The van der Waals surface area contributed by atoms with Crippen molar-refractivity contribution in [1.82, 2.24) is 14.9 Å². The molecule has 1 atom stereocenters. The van der Waals surface area contributed by atoms with Gasteiger partial charge in [-0.25, -0.2) is 9.97 Å². The maximum atomic E-state index is 12.7. The Morgan fingerprint density at radius 2 is 2.00 bits per heavy atom. The quantitative estimate of drug-likeness (QED) is 0.921. The maximum absolute atomic E-state index is 12.7. The number of hydrogen-bond donors (Lipinski definition) is 1. The Kier molecular flexibility index (Phi) is 4.86. The maximum Gasteiger partial charge on any atom is 0.433 e. The van der Waals surface area contributed by atoms with Gasteiger partial charge in [0, 0.05) is 31.9 Å². The zero-order chi connectivity index (χ0) is 17.9. The van der Waals surface area contributed by atoms with E-state index in [-0.39, 0.29) is 12.0 Å². The summed E-state index contributed by atoms with van der Waals surface area (Å²) in [6.07, 6.45) is -2.56. The van der Waals surface area contributed by atoms with Crippen LogP contribution in [-0.4, -0.2) is 34.0 Å². The van der Waals surface area contributed by atoms with Crippen molar-refractivity contribution in [2.75, 3.05) is 18.4 Å². The van der Waals surface area contributed by atoms with Crippen LogP contribution in [0.4, 0.5) is 19.1 Å². The molecule has 130 valence electrons. The van der Waals surface area contributed by atoms with Crippen LogP contribution in [0.1, 0.15) is 23.2 Å². The Bertz CT molecular complexity index is 767. The predicted octanol–water partition coefficient (Wildman–Crippen LogP) is 3.05. The largest absolute Gasteiger partial charge is 0.433 e. The summed E-state index contributed by atoms with van der Waals surface area (Å²) in [6, 6.07) is 10.3. The highest BCUT2D eigenvalue weighted by Gasteiger charge is 2.33. The average Bonchev–Trinajstić information content (AvgIpc) is 3.02. The van der Waals surface area contributed by atoms with Crippen LogP contribution >= 0.6 is 0 Å². The van der Waals surface area contributed by atoms with Gasteiger partial charge in [-0.05, 0) is 30.2 Å². The van der Waals surface area contributed by atoms with Crippen LogP contribution in [0.25, 0.3) is 0 Å². The lowest BCUT2D eigenvalue weighted by molar-refractivity contribution is -0.141. The van der Waals surface area contributed by atoms with Gasteiger partial charge >= 0.3 is 6.18 Å². The molecule has 2 heterocycles. The molecule has 0 aliphatic carbocycles. The first-order chi connectivity index (χ1) is 11.9. The van der Waals surface area contributed by atoms with E-state index in [0.717, 1.165) is 37.3 Å². The molecule has 8 heteroatoms. The van der Waals surface area contributed by atoms with E-state index in [9.17, 15) is 13.2 Å². The number of nitrogens with zero attached hydrogens (tertiary/aromatic N) is 4. The summed E-state index contributed by atoms with van der Waals surface area (Å²) >= 11 is 0. The van der Waals surface area contributed by atoms with Gasteiger partial charge < -0.3 is 5.32 Å². The minimum atomic E-state index is -4.48. The molecule has 1 aliphatic heterocycles. The van der Waals surface area contributed by atoms with Gasteiger partial charge in [0.2, 0.25) is 5.95 Å². The van der Waals surface area contributed by atoms with Gasteiger partial charge in [0.25, 0.3) is 0 Å². The molecule has 0 bridgehead atoms. The summed E-state index contributed by atoms with van der Waals surface area (Å²) in [6.45, 7) is 2.25. The number of aromatic nitrogens is 2. The van der Waals surface area contributed by atoms with Gasteiger partial charge in [-0.15, -0.1) is 0 Å². The number of nitriles is 1. The molecule has 1 unspecified atom stereocenters. The lowest BCUT2D eigenvalue weighted by Crippen LogP contribution is -2.27. The van der Waals surface area contributed by atoms with Crippen molar-refractivity contribution in [2.24, 2.45) is 0 Å². The molecule has 0 radical (unpaired) electrons. The SMILES string of the molecule is N#Cc1ccc(CN2CCC(Nc3nccc(C(F)(F)F)n3)C2)cc1. The summed E-state index contributed by atoms with van der Waals surface area (Å²) in [5, 5.41) is 11.8. The molecule has 1 N–H and O–H groups in total. The number of alkyl halides is 3. The second kappa shape index (κ2) is 7.07. The Morgan fingerprint density at radius 3 is 2.68 bits per heavy atom. The second-order valence-corrected chi connectivity index (χ2v) is 5.94. The van der Waals surface area contributed by atoms with Crippen LogP contribution in [0, 0.1) is 11.3 Å². The zero-order valence-corrected chi connectivity index (χ0v) is 13.3. The number of nitrogens with one attached hydrogen (secondary N) is 1. The van der Waals surface area contributed by atoms with E-state index in [1.807, 2.05) is 12.1 Å². The Hall–Kier alpha value is -2.66. The van der Waals surface area contributed by atoms with Crippen molar-refractivity contribution in [3.63, 3.8) is 0 Å². The molecule has 0 spiro atoms. The first-order valence-corrected chi connectivity index (χ1v) is 7.82. The highest BCUT2D eigenvalue weighted by atomic mass is 19.4. The average molecular weight is 347 g/mol. The van der Waals surface area contributed by atoms with Crippen LogP contribution < -0.4 is 5.32 Å². The minimum Gasteiger partial charge on any atom is -0.350 e. The molecule has 0 saturated carbocycles. The van der Waals surface area contributed by atoms with Crippen molar-refractivity contribution in [3.05, 3.63) is 53.3 Å². The number of hydrogen-bond acceptors (Lipinski definition) is 5. The molecule has 0 amide bonds. The van der Waals surface area contributed by atoms with Gasteiger partial charge in [-0.1, -0.05) is 12.1 Å². The molecule has 1 aromatic heterocycles. The molecule has 3 rings (SSSR count).